The van der Waals surface area contributed by atoms with Crippen LogP contribution < -0.4 is 19.5 Å². The zero-order chi connectivity index (χ0) is 19.4. The number of nitrogens with one attached hydrogen (secondary N) is 1. The number of nitrogens with zero attached hydrogens (tertiary/aromatic N) is 1. The fourth-order valence-corrected chi connectivity index (χ4v) is 2.36. The van der Waals surface area contributed by atoms with Gasteiger partial charge in [0.1, 0.15) is 17.2 Å². The lowest BCUT2D eigenvalue weighted by Gasteiger charge is -2.10. The first kappa shape index (κ1) is 19.2. The van der Waals surface area contributed by atoms with Crippen LogP contribution in [0.3, 0.4) is 0 Å². The molecule has 0 aliphatic carbocycles. The van der Waals surface area contributed by atoms with E-state index >= 15 is 0 Å². The van der Waals surface area contributed by atoms with E-state index in [1.807, 2.05) is 42.5 Å². The summed E-state index contributed by atoms with van der Waals surface area (Å²) >= 11 is 0. The number of hydrogen-bond donors (Lipinski definition) is 1. The lowest BCUT2D eigenvalue weighted by molar-refractivity contribution is -0.123. The molecule has 0 fully saturated rings. The molecule has 6 nitrogen and oxygen atoms in total. The van der Waals surface area contributed by atoms with Gasteiger partial charge in [-0.1, -0.05) is 30.3 Å². The number of aromatic nitrogens is 1. The molecule has 144 valence electrons. The monoisotopic (exact) mass is 378 g/mol. The van der Waals surface area contributed by atoms with Crippen LogP contribution in [-0.4, -0.2) is 30.6 Å². The first-order valence-electron chi connectivity index (χ1n) is 9.06. The Morgan fingerprint density at radius 1 is 0.857 bits per heavy atom. The predicted molar refractivity (Wildman–Crippen MR) is 106 cm³/mol. The van der Waals surface area contributed by atoms with Crippen LogP contribution in [0.15, 0.2) is 79.0 Å². The van der Waals surface area contributed by atoms with E-state index in [0.29, 0.717) is 37.0 Å². The molecular formula is C22H22N2O4. The molecule has 6 heteroatoms. The second-order valence-electron chi connectivity index (χ2n) is 5.90. The van der Waals surface area contributed by atoms with Gasteiger partial charge < -0.3 is 19.5 Å². The predicted octanol–water partition coefficient (Wildman–Crippen LogP) is 3.84. The number of amides is 1. The molecule has 3 rings (SSSR count). The smallest absolute Gasteiger partial charge is 0.257 e. The zero-order valence-electron chi connectivity index (χ0n) is 15.4. The van der Waals surface area contributed by atoms with Crippen molar-refractivity contribution in [3.8, 4) is 23.1 Å². The average Bonchev–Trinajstić information content (AvgIpc) is 2.74. The average molecular weight is 378 g/mol. The number of benzene rings is 2. The maximum Gasteiger partial charge on any atom is 0.257 e. The van der Waals surface area contributed by atoms with Crippen LogP contribution in [0.25, 0.3) is 0 Å². The van der Waals surface area contributed by atoms with Gasteiger partial charge in [0.25, 0.3) is 5.91 Å². The molecule has 1 amide bonds. The minimum atomic E-state index is -0.184. The third-order valence-corrected chi connectivity index (χ3v) is 3.69. The molecule has 0 saturated heterocycles. The number of ether oxygens (including phenoxy) is 3. The van der Waals surface area contributed by atoms with Crippen molar-refractivity contribution in [1.82, 2.24) is 10.3 Å². The van der Waals surface area contributed by atoms with Crippen molar-refractivity contribution in [2.45, 2.75) is 6.42 Å². The minimum absolute atomic E-state index is 0.0629. The van der Waals surface area contributed by atoms with E-state index in [-0.39, 0.29) is 12.5 Å². The summed E-state index contributed by atoms with van der Waals surface area (Å²) in [4.78, 5) is 16.0. The fourth-order valence-electron chi connectivity index (χ4n) is 2.36. The summed E-state index contributed by atoms with van der Waals surface area (Å²) in [6, 6.07) is 22.1. The highest BCUT2D eigenvalue weighted by molar-refractivity contribution is 5.77. The molecule has 1 aromatic heterocycles. The van der Waals surface area contributed by atoms with E-state index < -0.39 is 0 Å². The molecule has 0 radical (unpaired) electrons. The molecule has 3 aromatic rings. The zero-order valence-corrected chi connectivity index (χ0v) is 15.4. The Morgan fingerprint density at radius 2 is 1.64 bits per heavy atom. The lowest BCUT2D eigenvalue weighted by atomic mass is 10.3. The molecule has 1 N–H and O–H groups in total. The quantitative estimate of drug-likeness (QED) is 0.543. The van der Waals surface area contributed by atoms with Gasteiger partial charge in [0.05, 0.1) is 6.61 Å². The summed E-state index contributed by atoms with van der Waals surface area (Å²) < 4.78 is 16.8. The fraction of sp³-hybridized carbons (Fsp3) is 0.182. The van der Waals surface area contributed by atoms with Gasteiger partial charge >= 0.3 is 0 Å². The second kappa shape index (κ2) is 10.6. The van der Waals surface area contributed by atoms with Crippen molar-refractivity contribution in [2.24, 2.45) is 0 Å². The Bertz CT molecular complexity index is 857. The summed E-state index contributed by atoms with van der Waals surface area (Å²) in [6.07, 6.45) is 2.37. The first-order valence-corrected chi connectivity index (χ1v) is 9.06. The van der Waals surface area contributed by atoms with Crippen molar-refractivity contribution < 1.29 is 19.0 Å². The molecule has 0 aliphatic rings. The number of carbonyl (C=O) groups is 1. The molecule has 0 spiro atoms. The maximum atomic E-state index is 11.9. The van der Waals surface area contributed by atoms with Crippen LogP contribution in [0, 0.1) is 0 Å². The highest BCUT2D eigenvalue weighted by atomic mass is 16.5. The number of pyridine rings is 1. The van der Waals surface area contributed by atoms with Gasteiger partial charge in [0.15, 0.2) is 6.61 Å². The Morgan fingerprint density at radius 3 is 2.46 bits per heavy atom. The third-order valence-electron chi connectivity index (χ3n) is 3.69. The minimum Gasteiger partial charge on any atom is -0.494 e. The number of para-hydroxylation sites is 1. The van der Waals surface area contributed by atoms with E-state index in [2.05, 4.69) is 10.3 Å². The topological polar surface area (TPSA) is 69.7 Å². The van der Waals surface area contributed by atoms with Crippen LogP contribution in [0.4, 0.5) is 0 Å². The van der Waals surface area contributed by atoms with Crippen molar-refractivity contribution >= 4 is 5.91 Å². The standard InChI is InChI=1S/C22H22N2O4/c25-21(23-14-7-15-26-18-8-2-1-3-9-18)17-27-19-10-6-11-20(16-19)28-22-12-4-5-13-24-22/h1-6,8-13,16H,7,14-15,17H2,(H,23,25). The van der Waals surface area contributed by atoms with E-state index in [0.717, 1.165) is 5.75 Å². The number of carbonyl (C=O) groups excluding carboxylic acids is 1. The van der Waals surface area contributed by atoms with E-state index in [1.54, 1.807) is 36.5 Å². The Labute approximate surface area is 164 Å². The van der Waals surface area contributed by atoms with Crippen LogP contribution in [0.1, 0.15) is 6.42 Å². The Hall–Kier alpha value is -3.54. The molecule has 0 aliphatic heterocycles. The van der Waals surface area contributed by atoms with Gasteiger partial charge in [-0.15, -0.1) is 0 Å². The van der Waals surface area contributed by atoms with Crippen LogP contribution in [-0.2, 0) is 4.79 Å². The Kier molecular flexibility index (Phi) is 7.26. The van der Waals surface area contributed by atoms with Crippen molar-refractivity contribution in [2.75, 3.05) is 19.8 Å². The van der Waals surface area contributed by atoms with Gasteiger partial charge in [-0.05, 0) is 36.8 Å². The summed E-state index contributed by atoms with van der Waals surface area (Å²) in [7, 11) is 0. The molecule has 0 unspecified atom stereocenters. The van der Waals surface area contributed by atoms with Gasteiger partial charge in [0, 0.05) is 24.9 Å². The lowest BCUT2D eigenvalue weighted by Crippen LogP contribution is -2.30. The van der Waals surface area contributed by atoms with E-state index in [1.165, 1.54) is 0 Å². The number of hydrogen-bond acceptors (Lipinski definition) is 5. The second-order valence-corrected chi connectivity index (χ2v) is 5.90. The molecular weight excluding hydrogens is 356 g/mol. The van der Waals surface area contributed by atoms with Gasteiger partial charge in [-0.25, -0.2) is 4.98 Å². The van der Waals surface area contributed by atoms with Gasteiger partial charge in [-0.3, -0.25) is 4.79 Å². The van der Waals surface area contributed by atoms with Crippen molar-refractivity contribution in [3.05, 3.63) is 79.0 Å². The first-order chi connectivity index (χ1) is 13.8. The Balaban J connectivity index is 1.34. The molecule has 0 atom stereocenters. The van der Waals surface area contributed by atoms with Crippen LogP contribution >= 0.6 is 0 Å². The van der Waals surface area contributed by atoms with Crippen molar-refractivity contribution in [1.29, 1.82) is 0 Å². The van der Waals surface area contributed by atoms with Gasteiger partial charge in [0.2, 0.25) is 5.88 Å². The molecule has 0 bridgehead atoms. The SMILES string of the molecule is O=C(COc1cccc(Oc2ccccn2)c1)NCCCOc1ccccc1. The van der Waals surface area contributed by atoms with Crippen molar-refractivity contribution in [3.63, 3.8) is 0 Å². The molecule has 2 aromatic carbocycles. The van der Waals surface area contributed by atoms with E-state index in [9.17, 15) is 4.79 Å². The highest BCUT2D eigenvalue weighted by Gasteiger charge is 2.04. The summed E-state index contributed by atoms with van der Waals surface area (Å²) in [5, 5.41) is 2.81. The van der Waals surface area contributed by atoms with Gasteiger partial charge in [-0.2, -0.15) is 0 Å². The molecule has 28 heavy (non-hydrogen) atoms. The largest absolute Gasteiger partial charge is 0.494 e. The normalized spacial score (nSPS) is 10.1. The highest BCUT2D eigenvalue weighted by Crippen LogP contribution is 2.23. The molecule has 1 heterocycles. The third kappa shape index (κ3) is 6.64. The molecule has 0 saturated carbocycles. The number of rotatable bonds is 10. The van der Waals surface area contributed by atoms with Crippen LogP contribution in [0.5, 0.6) is 23.1 Å². The maximum absolute atomic E-state index is 11.9. The summed E-state index contributed by atoms with van der Waals surface area (Å²) in [5.74, 6) is 2.28. The summed E-state index contributed by atoms with van der Waals surface area (Å²) in [5.41, 5.74) is 0. The van der Waals surface area contributed by atoms with Crippen LogP contribution in [0.2, 0.25) is 0 Å². The summed E-state index contributed by atoms with van der Waals surface area (Å²) in [6.45, 7) is 1.00. The van der Waals surface area contributed by atoms with E-state index in [4.69, 9.17) is 14.2 Å².